The largest absolute Gasteiger partial charge is 0.480 e. The number of nitrogens with one attached hydrogen (secondary N) is 1. The van der Waals surface area contributed by atoms with Crippen LogP contribution in [0.3, 0.4) is 0 Å². The summed E-state index contributed by atoms with van der Waals surface area (Å²) >= 11 is 6.07. The highest BCUT2D eigenvalue weighted by molar-refractivity contribution is 6.31. The van der Waals surface area contributed by atoms with Crippen molar-refractivity contribution in [1.82, 2.24) is 15.2 Å². The van der Waals surface area contributed by atoms with Gasteiger partial charge in [-0.05, 0) is 18.7 Å². The van der Waals surface area contributed by atoms with Crippen LogP contribution in [0.15, 0.2) is 12.3 Å². The highest BCUT2D eigenvalue weighted by Crippen LogP contribution is 2.27. The van der Waals surface area contributed by atoms with Gasteiger partial charge in [-0.3, -0.25) is 4.90 Å². The number of hydrogen-bond acceptors (Lipinski definition) is 4. The Labute approximate surface area is 101 Å². The number of methoxy groups -OCH3 is 1. The van der Waals surface area contributed by atoms with Gasteiger partial charge in [0.25, 0.3) is 0 Å². The Morgan fingerprint density at radius 3 is 3.06 bits per heavy atom. The van der Waals surface area contributed by atoms with E-state index in [4.69, 9.17) is 16.3 Å². The van der Waals surface area contributed by atoms with Gasteiger partial charge >= 0.3 is 0 Å². The fraction of sp³-hybridized carbons (Fsp3) is 0.545. The van der Waals surface area contributed by atoms with E-state index in [9.17, 15) is 0 Å². The number of hydrogen-bond donors (Lipinski definition) is 1. The maximum absolute atomic E-state index is 6.07. The van der Waals surface area contributed by atoms with E-state index in [0.717, 1.165) is 25.2 Å². The van der Waals surface area contributed by atoms with Crippen molar-refractivity contribution in [3.8, 4) is 5.88 Å². The van der Waals surface area contributed by atoms with Gasteiger partial charge < -0.3 is 10.1 Å². The number of aromatic nitrogens is 1. The normalized spacial score (nSPS) is 22.1. The van der Waals surface area contributed by atoms with Gasteiger partial charge in [0.15, 0.2) is 0 Å². The third kappa shape index (κ3) is 2.29. The summed E-state index contributed by atoms with van der Waals surface area (Å²) in [6.45, 7) is 3.00. The Bertz CT molecular complexity index is 372. The van der Waals surface area contributed by atoms with Crippen molar-refractivity contribution >= 4 is 11.6 Å². The van der Waals surface area contributed by atoms with Crippen LogP contribution >= 0.6 is 11.6 Å². The molecule has 0 bridgehead atoms. The van der Waals surface area contributed by atoms with Crippen molar-refractivity contribution in [3.05, 3.63) is 22.8 Å². The minimum Gasteiger partial charge on any atom is -0.480 e. The number of piperazine rings is 1. The number of halogens is 1. The molecule has 1 saturated heterocycles. The Morgan fingerprint density at radius 1 is 1.62 bits per heavy atom. The summed E-state index contributed by atoms with van der Waals surface area (Å²) in [6.07, 6.45) is 1.83. The summed E-state index contributed by atoms with van der Waals surface area (Å²) in [7, 11) is 3.69. The van der Waals surface area contributed by atoms with E-state index in [1.165, 1.54) is 0 Å². The van der Waals surface area contributed by atoms with Crippen LogP contribution in [0.25, 0.3) is 0 Å². The maximum Gasteiger partial charge on any atom is 0.232 e. The van der Waals surface area contributed by atoms with E-state index >= 15 is 0 Å². The highest BCUT2D eigenvalue weighted by Gasteiger charge is 2.21. The van der Waals surface area contributed by atoms with Gasteiger partial charge in [-0.15, -0.1) is 0 Å². The van der Waals surface area contributed by atoms with Crippen molar-refractivity contribution in [2.45, 2.75) is 6.04 Å². The summed E-state index contributed by atoms with van der Waals surface area (Å²) < 4.78 is 5.04. The molecule has 1 unspecified atom stereocenters. The molecule has 1 aromatic heterocycles. The maximum atomic E-state index is 6.07. The van der Waals surface area contributed by atoms with E-state index in [-0.39, 0.29) is 0 Å². The van der Waals surface area contributed by atoms with Crippen molar-refractivity contribution in [2.24, 2.45) is 0 Å². The average molecular weight is 242 g/mol. The highest BCUT2D eigenvalue weighted by atomic mass is 35.5. The molecule has 0 aliphatic carbocycles. The molecule has 1 fully saturated rings. The molecule has 4 nitrogen and oxygen atoms in total. The smallest absolute Gasteiger partial charge is 0.232 e. The SMILES string of the molecule is COc1ncc(C2CNCCN2C)cc1Cl. The second-order valence-electron chi connectivity index (χ2n) is 3.96. The molecule has 2 heterocycles. The zero-order valence-electron chi connectivity index (χ0n) is 9.53. The van der Waals surface area contributed by atoms with Crippen molar-refractivity contribution in [1.29, 1.82) is 0 Å². The van der Waals surface area contributed by atoms with Crippen LogP contribution in [0.4, 0.5) is 0 Å². The molecule has 1 aromatic rings. The zero-order chi connectivity index (χ0) is 11.5. The molecule has 2 rings (SSSR count). The Balaban J connectivity index is 2.22. The van der Waals surface area contributed by atoms with E-state index in [1.54, 1.807) is 7.11 Å². The van der Waals surface area contributed by atoms with Crippen LogP contribution in [0.2, 0.25) is 5.02 Å². The van der Waals surface area contributed by atoms with Crippen LogP contribution in [0.5, 0.6) is 5.88 Å². The first-order chi connectivity index (χ1) is 7.72. The molecule has 1 aliphatic rings. The van der Waals surface area contributed by atoms with Crippen LogP contribution in [-0.2, 0) is 0 Å². The van der Waals surface area contributed by atoms with Crippen molar-refractivity contribution in [3.63, 3.8) is 0 Å². The molecule has 1 aliphatic heterocycles. The molecule has 1 N–H and O–H groups in total. The predicted molar refractivity (Wildman–Crippen MR) is 64.0 cm³/mol. The van der Waals surface area contributed by atoms with E-state index < -0.39 is 0 Å². The number of nitrogens with zero attached hydrogens (tertiary/aromatic N) is 2. The molecule has 88 valence electrons. The minimum absolute atomic E-state index is 0.338. The van der Waals surface area contributed by atoms with Crippen molar-refractivity contribution < 1.29 is 4.74 Å². The Hall–Kier alpha value is -0.840. The second kappa shape index (κ2) is 4.99. The van der Waals surface area contributed by atoms with Gasteiger partial charge in [-0.25, -0.2) is 4.98 Å². The van der Waals surface area contributed by atoms with Crippen LogP contribution in [0, 0.1) is 0 Å². The van der Waals surface area contributed by atoms with Crippen LogP contribution < -0.4 is 10.1 Å². The molecule has 16 heavy (non-hydrogen) atoms. The molecule has 5 heteroatoms. The van der Waals surface area contributed by atoms with E-state index in [2.05, 4.69) is 22.2 Å². The predicted octanol–water partition coefficient (Wildman–Crippen LogP) is 1.32. The lowest BCUT2D eigenvalue weighted by atomic mass is 10.1. The van der Waals surface area contributed by atoms with Gasteiger partial charge in [0.1, 0.15) is 5.02 Å². The lowest BCUT2D eigenvalue weighted by molar-refractivity contribution is 0.202. The van der Waals surface area contributed by atoms with E-state index in [0.29, 0.717) is 16.9 Å². The van der Waals surface area contributed by atoms with Gasteiger partial charge in [0.05, 0.1) is 7.11 Å². The molecule has 0 aromatic carbocycles. The standard InChI is InChI=1S/C11H16ClN3O/c1-15-4-3-13-7-10(15)8-5-9(12)11(16-2)14-6-8/h5-6,10,13H,3-4,7H2,1-2H3. The molecular formula is C11H16ClN3O. The molecule has 1 atom stereocenters. The third-order valence-electron chi connectivity index (χ3n) is 2.92. The molecule has 0 amide bonds. The molecule has 0 saturated carbocycles. The fourth-order valence-corrected chi connectivity index (χ4v) is 2.20. The molecule has 0 spiro atoms. The van der Waals surface area contributed by atoms with Crippen LogP contribution in [-0.4, -0.2) is 43.7 Å². The summed E-state index contributed by atoms with van der Waals surface area (Å²) in [5.41, 5.74) is 1.13. The monoisotopic (exact) mass is 241 g/mol. The Kier molecular flexibility index (Phi) is 3.63. The summed E-state index contributed by atoms with van der Waals surface area (Å²) in [4.78, 5) is 6.50. The first-order valence-electron chi connectivity index (χ1n) is 5.32. The topological polar surface area (TPSA) is 37.4 Å². The first-order valence-corrected chi connectivity index (χ1v) is 5.70. The zero-order valence-corrected chi connectivity index (χ0v) is 10.3. The molecule has 0 radical (unpaired) electrons. The lowest BCUT2D eigenvalue weighted by Gasteiger charge is -2.33. The summed E-state index contributed by atoms with van der Waals surface area (Å²) in [5, 5.41) is 3.94. The summed E-state index contributed by atoms with van der Waals surface area (Å²) in [6, 6.07) is 2.27. The number of likely N-dealkylation sites (N-methyl/N-ethyl adjacent to an activating group) is 1. The van der Waals surface area contributed by atoms with Gasteiger partial charge in [0.2, 0.25) is 5.88 Å². The molecular weight excluding hydrogens is 226 g/mol. The third-order valence-corrected chi connectivity index (χ3v) is 3.19. The number of rotatable bonds is 2. The van der Waals surface area contributed by atoms with Crippen molar-refractivity contribution in [2.75, 3.05) is 33.8 Å². The fourth-order valence-electron chi connectivity index (χ4n) is 1.95. The quantitative estimate of drug-likeness (QED) is 0.848. The van der Waals surface area contributed by atoms with Gasteiger partial charge in [-0.2, -0.15) is 0 Å². The lowest BCUT2D eigenvalue weighted by Crippen LogP contribution is -2.43. The summed E-state index contributed by atoms with van der Waals surface area (Å²) in [5.74, 6) is 0.483. The minimum atomic E-state index is 0.338. The second-order valence-corrected chi connectivity index (χ2v) is 4.37. The van der Waals surface area contributed by atoms with Gasteiger partial charge in [-0.1, -0.05) is 11.6 Å². The average Bonchev–Trinajstić information content (AvgIpc) is 2.29. The number of ether oxygens (including phenoxy) is 1. The van der Waals surface area contributed by atoms with E-state index in [1.807, 2.05) is 12.3 Å². The van der Waals surface area contributed by atoms with Crippen LogP contribution in [0.1, 0.15) is 11.6 Å². The Morgan fingerprint density at radius 2 is 2.44 bits per heavy atom. The van der Waals surface area contributed by atoms with Gasteiger partial charge in [0, 0.05) is 31.9 Å². The first kappa shape index (κ1) is 11.6. The number of pyridine rings is 1.